The van der Waals surface area contributed by atoms with E-state index >= 15 is 0 Å². The molecule has 0 fully saturated rings. The van der Waals surface area contributed by atoms with Gasteiger partial charge in [0, 0.05) is 5.02 Å². The van der Waals surface area contributed by atoms with Gasteiger partial charge in [-0.05, 0) is 44.5 Å². The summed E-state index contributed by atoms with van der Waals surface area (Å²) in [7, 11) is -2.63. The van der Waals surface area contributed by atoms with Gasteiger partial charge in [0.2, 0.25) is 10.0 Å². The molecule has 1 aromatic rings. The molecule has 7 heteroatoms. The van der Waals surface area contributed by atoms with Crippen molar-refractivity contribution in [3.63, 3.8) is 0 Å². The van der Waals surface area contributed by atoms with E-state index in [4.69, 9.17) is 11.6 Å². The van der Waals surface area contributed by atoms with Crippen LogP contribution < -0.4 is 4.72 Å². The molecule has 1 N–H and O–H groups in total. The minimum absolute atomic E-state index is 0.0777. The van der Waals surface area contributed by atoms with Gasteiger partial charge < -0.3 is 4.74 Å². The molecule has 19 heavy (non-hydrogen) atoms. The molecule has 0 heterocycles. The molecule has 0 unspecified atom stereocenters. The Kier molecular flexibility index (Phi) is 4.60. The van der Waals surface area contributed by atoms with Gasteiger partial charge in [-0.15, -0.1) is 0 Å². The van der Waals surface area contributed by atoms with Crippen LogP contribution in [0.4, 0.5) is 0 Å². The van der Waals surface area contributed by atoms with Crippen LogP contribution in [0.1, 0.15) is 19.4 Å². The number of sulfonamides is 1. The first kappa shape index (κ1) is 15.9. The Balaban J connectivity index is 3.15. The Labute approximate surface area is 118 Å². The second-order valence-corrected chi connectivity index (χ2v) is 6.72. The van der Waals surface area contributed by atoms with Crippen molar-refractivity contribution in [1.82, 2.24) is 4.72 Å². The SMILES string of the molecule is COC(=O)C(C)(C)NS(=O)(=O)c1ccc(Cl)cc1C. The highest BCUT2D eigenvalue weighted by atomic mass is 35.5. The maximum atomic E-state index is 12.2. The van der Waals surface area contributed by atoms with E-state index in [0.717, 1.165) is 0 Å². The first-order chi connectivity index (χ1) is 8.60. The van der Waals surface area contributed by atoms with E-state index < -0.39 is 21.5 Å². The summed E-state index contributed by atoms with van der Waals surface area (Å²) in [5.74, 6) is -0.664. The Morgan fingerprint density at radius 2 is 1.95 bits per heavy atom. The third kappa shape index (κ3) is 3.68. The molecule has 0 aliphatic heterocycles. The molecule has 0 saturated heterocycles. The summed E-state index contributed by atoms with van der Waals surface area (Å²) in [5.41, 5.74) is -0.847. The highest BCUT2D eigenvalue weighted by Crippen LogP contribution is 2.21. The molecule has 0 spiro atoms. The lowest BCUT2D eigenvalue weighted by Crippen LogP contribution is -2.50. The van der Waals surface area contributed by atoms with Gasteiger partial charge in [0.15, 0.2) is 0 Å². The maximum Gasteiger partial charge on any atom is 0.326 e. The highest BCUT2D eigenvalue weighted by Gasteiger charge is 2.34. The lowest BCUT2D eigenvalue weighted by Gasteiger charge is -2.23. The topological polar surface area (TPSA) is 72.5 Å². The van der Waals surface area contributed by atoms with Gasteiger partial charge in [-0.25, -0.2) is 8.42 Å². The van der Waals surface area contributed by atoms with Gasteiger partial charge >= 0.3 is 5.97 Å². The molecule has 0 aliphatic rings. The Morgan fingerprint density at radius 1 is 1.37 bits per heavy atom. The van der Waals surface area contributed by atoms with E-state index in [0.29, 0.717) is 10.6 Å². The number of carbonyl (C=O) groups is 1. The molecule has 0 aromatic heterocycles. The van der Waals surface area contributed by atoms with Crippen LogP contribution in [0.5, 0.6) is 0 Å². The summed E-state index contributed by atoms with van der Waals surface area (Å²) in [6, 6.07) is 4.42. The first-order valence-corrected chi connectivity index (χ1v) is 7.35. The van der Waals surface area contributed by atoms with Crippen LogP contribution in [0, 0.1) is 6.92 Å². The number of rotatable bonds is 4. The van der Waals surface area contributed by atoms with Gasteiger partial charge in [-0.2, -0.15) is 4.72 Å². The van der Waals surface area contributed by atoms with Gasteiger partial charge in [0.05, 0.1) is 12.0 Å². The van der Waals surface area contributed by atoms with Crippen LogP contribution in [0.2, 0.25) is 5.02 Å². The summed E-state index contributed by atoms with van der Waals surface area (Å²) in [6.07, 6.45) is 0. The minimum atomic E-state index is -3.83. The second-order valence-electron chi connectivity index (χ2n) is 4.63. The average molecular weight is 306 g/mol. The monoisotopic (exact) mass is 305 g/mol. The van der Waals surface area contributed by atoms with E-state index in [-0.39, 0.29) is 4.90 Å². The highest BCUT2D eigenvalue weighted by molar-refractivity contribution is 7.89. The normalized spacial score (nSPS) is 12.3. The molecule has 5 nitrogen and oxygen atoms in total. The summed E-state index contributed by atoms with van der Waals surface area (Å²) < 4.78 is 31.4. The zero-order valence-electron chi connectivity index (χ0n) is 11.2. The molecule has 0 bridgehead atoms. The fraction of sp³-hybridized carbons (Fsp3) is 0.417. The van der Waals surface area contributed by atoms with Crippen molar-refractivity contribution >= 4 is 27.6 Å². The first-order valence-electron chi connectivity index (χ1n) is 5.49. The molecule has 1 rings (SSSR count). The van der Waals surface area contributed by atoms with Crippen molar-refractivity contribution in [1.29, 1.82) is 0 Å². The number of halogens is 1. The number of carbonyl (C=O) groups excluding carboxylic acids is 1. The van der Waals surface area contributed by atoms with Crippen LogP contribution in [0.25, 0.3) is 0 Å². The van der Waals surface area contributed by atoms with Crippen LogP contribution in [0.3, 0.4) is 0 Å². The smallest absolute Gasteiger partial charge is 0.326 e. The third-order valence-corrected chi connectivity index (χ3v) is 4.56. The molecule has 0 aliphatic carbocycles. The Morgan fingerprint density at radius 3 is 2.42 bits per heavy atom. The fourth-order valence-electron chi connectivity index (χ4n) is 1.60. The van der Waals surface area contributed by atoms with E-state index in [9.17, 15) is 13.2 Å². The van der Waals surface area contributed by atoms with Crippen molar-refractivity contribution < 1.29 is 17.9 Å². The number of esters is 1. The number of methoxy groups -OCH3 is 1. The van der Waals surface area contributed by atoms with Crippen molar-refractivity contribution in [3.05, 3.63) is 28.8 Å². The fourth-order valence-corrected chi connectivity index (χ4v) is 3.42. The van der Waals surface area contributed by atoms with E-state index in [1.165, 1.54) is 33.1 Å². The third-order valence-electron chi connectivity index (χ3n) is 2.51. The summed E-state index contributed by atoms with van der Waals surface area (Å²) in [4.78, 5) is 11.6. The molecular weight excluding hydrogens is 290 g/mol. The summed E-state index contributed by atoms with van der Waals surface area (Å²) >= 11 is 5.78. The van der Waals surface area contributed by atoms with Crippen molar-refractivity contribution in [2.24, 2.45) is 0 Å². The molecule has 106 valence electrons. The lowest BCUT2D eigenvalue weighted by molar-refractivity contribution is -0.146. The molecular formula is C12H16ClNO4S. The molecule has 0 saturated carbocycles. The Hall–Kier alpha value is -1.11. The predicted molar refractivity (Wildman–Crippen MR) is 72.6 cm³/mol. The van der Waals surface area contributed by atoms with Gasteiger partial charge in [-0.1, -0.05) is 11.6 Å². The number of hydrogen-bond donors (Lipinski definition) is 1. The van der Waals surface area contributed by atoms with E-state index in [1.807, 2.05) is 0 Å². The number of hydrogen-bond acceptors (Lipinski definition) is 4. The molecule has 0 radical (unpaired) electrons. The zero-order valence-corrected chi connectivity index (χ0v) is 12.7. The van der Waals surface area contributed by atoms with E-state index in [1.54, 1.807) is 13.0 Å². The Bertz CT molecular complexity index is 596. The summed E-state index contributed by atoms with van der Waals surface area (Å²) in [5, 5.41) is 0.448. The van der Waals surface area contributed by atoms with Crippen LogP contribution in [-0.4, -0.2) is 27.0 Å². The predicted octanol–water partition coefficient (Wildman–Crippen LogP) is 1.88. The lowest BCUT2D eigenvalue weighted by atomic mass is 10.1. The summed E-state index contributed by atoms with van der Waals surface area (Å²) in [6.45, 7) is 4.49. The van der Waals surface area contributed by atoms with Crippen molar-refractivity contribution in [3.8, 4) is 0 Å². The molecule has 0 amide bonds. The standard InChI is InChI=1S/C12H16ClNO4S/c1-8-7-9(13)5-6-10(8)19(16,17)14-12(2,3)11(15)18-4/h5-7,14H,1-4H3. The molecule has 1 aromatic carbocycles. The molecule has 0 atom stereocenters. The maximum absolute atomic E-state index is 12.2. The number of nitrogens with one attached hydrogen (secondary N) is 1. The number of aryl methyl sites for hydroxylation is 1. The van der Waals surface area contributed by atoms with Crippen molar-refractivity contribution in [2.45, 2.75) is 31.2 Å². The van der Waals surface area contributed by atoms with Gasteiger partial charge in [0.25, 0.3) is 0 Å². The van der Waals surface area contributed by atoms with Gasteiger partial charge in [-0.3, -0.25) is 4.79 Å². The largest absolute Gasteiger partial charge is 0.468 e. The van der Waals surface area contributed by atoms with E-state index in [2.05, 4.69) is 9.46 Å². The van der Waals surface area contributed by atoms with Crippen LogP contribution in [-0.2, 0) is 19.6 Å². The van der Waals surface area contributed by atoms with Gasteiger partial charge in [0.1, 0.15) is 5.54 Å². The number of benzene rings is 1. The second kappa shape index (κ2) is 5.48. The van der Waals surface area contributed by atoms with Crippen LogP contribution in [0.15, 0.2) is 23.1 Å². The number of ether oxygens (including phenoxy) is 1. The zero-order chi connectivity index (χ0) is 14.8. The minimum Gasteiger partial charge on any atom is -0.468 e. The van der Waals surface area contributed by atoms with Crippen molar-refractivity contribution in [2.75, 3.05) is 7.11 Å². The average Bonchev–Trinajstić information content (AvgIpc) is 2.25. The van der Waals surface area contributed by atoms with Crippen LogP contribution >= 0.6 is 11.6 Å². The quantitative estimate of drug-likeness (QED) is 0.862.